The van der Waals surface area contributed by atoms with Gasteiger partial charge in [0.05, 0.1) is 0 Å². The molecule has 1 saturated carbocycles. The van der Waals surface area contributed by atoms with Gasteiger partial charge in [0.25, 0.3) is 5.91 Å². The Morgan fingerprint density at radius 2 is 1.59 bits per heavy atom. The monoisotopic (exact) mass is 526 g/mol. The molecule has 0 unspecified atom stereocenters. The van der Waals surface area contributed by atoms with E-state index in [9.17, 15) is 9.59 Å². The summed E-state index contributed by atoms with van der Waals surface area (Å²) in [5.74, 6) is 0.335. The highest BCUT2D eigenvalue weighted by Crippen LogP contribution is 2.25. The van der Waals surface area contributed by atoms with Crippen LogP contribution in [0.3, 0.4) is 0 Å². The normalized spacial score (nSPS) is 14.6. The van der Waals surface area contributed by atoms with Crippen LogP contribution in [0.2, 0.25) is 0 Å². The van der Waals surface area contributed by atoms with Crippen LogP contribution in [0.1, 0.15) is 68.7 Å². The van der Waals surface area contributed by atoms with Crippen LogP contribution in [0.15, 0.2) is 78.9 Å². The zero-order valence-corrected chi connectivity index (χ0v) is 23.8. The van der Waals surface area contributed by atoms with Crippen LogP contribution in [-0.2, 0) is 28.0 Å². The minimum atomic E-state index is -0.645. The lowest BCUT2D eigenvalue weighted by atomic mass is 9.87. The lowest BCUT2D eigenvalue weighted by Crippen LogP contribution is -2.53. The molecule has 0 heterocycles. The molecule has 39 heavy (non-hydrogen) atoms. The molecule has 0 saturated heterocycles. The van der Waals surface area contributed by atoms with Gasteiger partial charge in [0.2, 0.25) is 5.91 Å². The van der Waals surface area contributed by atoms with Crippen molar-refractivity contribution in [2.24, 2.45) is 0 Å². The fourth-order valence-electron chi connectivity index (χ4n) is 5.21. The van der Waals surface area contributed by atoms with Crippen molar-refractivity contribution in [1.29, 1.82) is 0 Å². The van der Waals surface area contributed by atoms with Crippen LogP contribution in [0, 0.1) is 6.92 Å². The minimum absolute atomic E-state index is 0.0380. The second-order valence-corrected chi connectivity index (χ2v) is 11.8. The molecule has 0 bridgehead atoms. The number of carbonyl (C=O) groups excluding carboxylic acids is 2. The molecule has 1 fully saturated rings. The number of aryl methyl sites for hydroxylation is 1. The molecular weight excluding hydrogens is 484 g/mol. The third kappa shape index (κ3) is 8.19. The maximum Gasteiger partial charge on any atom is 0.261 e. The molecule has 2 amide bonds. The maximum absolute atomic E-state index is 13.8. The molecule has 1 atom stereocenters. The molecule has 1 N–H and O–H groups in total. The number of hydrogen-bond donors (Lipinski definition) is 1. The maximum atomic E-state index is 13.8. The van der Waals surface area contributed by atoms with Crippen molar-refractivity contribution < 1.29 is 14.3 Å². The predicted octanol–water partition coefficient (Wildman–Crippen LogP) is 6.37. The summed E-state index contributed by atoms with van der Waals surface area (Å²) < 4.78 is 5.97. The van der Waals surface area contributed by atoms with Crippen LogP contribution in [0.25, 0.3) is 0 Å². The first kappa shape index (κ1) is 28.4. The Kier molecular flexibility index (Phi) is 9.45. The molecule has 1 aliphatic rings. The SMILES string of the molecule is Cc1cccc(CN(C(=O)COc2ccc(C(C)(C)C)cc2)[C@H](Cc2ccccc2)C(=O)NC2CCCC2)c1. The van der Waals surface area contributed by atoms with Crippen molar-refractivity contribution in [2.45, 2.75) is 83.8 Å². The third-order valence-corrected chi connectivity index (χ3v) is 7.49. The molecule has 0 aromatic heterocycles. The summed E-state index contributed by atoms with van der Waals surface area (Å²) in [5, 5.41) is 3.25. The number of nitrogens with zero attached hydrogens (tertiary/aromatic N) is 1. The molecule has 0 radical (unpaired) electrons. The number of carbonyl (C=O) groups is 2. The van der Waals surface area contributed by atoms with Crippen LogP contribution in [0.4, 0.5) is 0 Å². The van der Waals surface area contributed by atoms with E-state index in [1.165, 1.54) is 5.56 Å². The third-order valence-electron chi connectivity index (χ3n) is 7.49. The van der Waals surface area contributed by atoms with Gasteiger partial charge in [0.15, 0.2) is 6.61 Å². The molecule has 5 heteroatoms. The zero-order chi connectivity index (χ0) is 27.8. The first-order valence-corrected chi connectivity index (χ1v) is 14.1. The van der Waals surface area contributed by atoms with Gasteiger partial charge in [-0.3, -0.25) is 9.59 Å². The molecule has 0 spiro atoms. The summed E-state index contributed by atoms with van der Waals surface area (Å²) in [6.07, 6.45) is 4.67. The lowest BCUT2D eigenvalue weighted by Gasteiger charge is -2.32. The summed E-state index contributed by atoms with van der Waals surface area (Å²) >= 11 is 0. The Hall–Kier alpha value is -3.60. The Labute approximate surface area is 233 Å². The first-order valence-electron chi connectivity index (χ1n) is 14.1. The van der Waals surface area contributed by atoms with Crippen LogP contribution < -0.4 is 10.1 Å². The van der Waals surface area contributed by atoms with Crippen molar-refractivity contribution in [3.05, 3.63) is 101 Å². The average molecular weight is 527 g/mol. The highest BCUT2D eigenvalue weighted by atomic mass is 16.5. The summed E-state index contributed by atoms with van der Waals surface area (Å²) in [5.41, 5.74) is 4.37. The lowest BCUT2D eigenvalue weighted by molar-refractivity contribution is -0.143. The van der Waals surface area contributed by atoms with E-state index in [4.69, 9.17) is 4.74 Å². The van der Waals surface area contributed by atoms with Gasteiger partial charge in [-0.1, -0.05) is 106 Å². The Morgan fingerprint density at radius 1 is 0.923 bits per heavy atom. The van der Waals surface area contributed by atoms with Crippen LogP contribution in [-0.4, -0.2) is 35.4 Å². The largest absolute Gasteiger partial charge is 0.484 e. The van der Waals surface area contributed by atoms with Gasteiger partial charge in [-0.25, -0.2) is 0 Å². The zero-order valence-electron chi connectivity index (χ0n) is 23.8. The molecule has 3 aromatic carbocycles. The first-order chi connectivity index (χ1) is 18.7. The fraction of sp³-hybridized carbons (Fsp3) is 0.412. The van der Waals surface area contributed by atoms with Crippen molar-refractivity contribution in [2.75, 3.05) is 6.61 Å². The van der Waals surface area contributed by atoms with E-state index in [1.807, 2.05) is 79.7 Å². The smallest absolute Gasteiger partial charge is 0.261 e. The molecule has 4 rings (SSSR count). The number of benzene rings is 3. The van der Waals surface area contributed by atoms with Crippen molar-refractivity contribution in [3.8, 4) is 5.75 Å². The summed E-state index contributed by atoms with van der Waals surface area (Å²) in [7, 11) is 0. The van der Waals surface area contributed by atoms with Crippen molar-refractivity contribution in [3.63, 3.8) is 0 Å². The molecular formula is C34H42N2O3. The van der Waals surface area contributed by atoms with Gasteiger partial charge in [0.1, 0.15) is 11.8 Å². The Morgan fingerprint density at radius 3 is 2.23 bits per heavy atom. The van der Waals surface area contributed by atoms with Gasteiger partial charge >= 0.3 is 0 Å². The van der Waals surface area contributed by atoms with Crippen molar-refractivity contribution >= 4 is 11.8 Å². The molecule has 206 valence electrons. The number of nitrogens with one attached hydrogen (secondary N) is 1. The number of hydrogen-bond acceptors (Lipinski definition) is 3. The van der Waals surface area contributed by atoms with E-state index in [1.54, 1.807) is 4.90 Å². The van der Waals surface area contributed by atoms with Crippen LogP contribution in [0.5, 0.6) is 5.75 Å². The number of amides is 2. The van der Waals surface area contributed by atoms with Gasteiger partial charge in [-0.05, 0) is 54.0 Å². The highest BCUT2D eigenvalue weighted by molar-refractivity contribution is 5.88. The van der Waals surface area contributed by atoms with E-state index < -0.39 is 6.04 Å². The Balaban J connectivity index is 1.58. The van der Waals surface area contributed by atoms with E-state index >= 15 is 0 Å². The standard InChI is InChI=1S/C34H42N2O3/c1-25-11-10-14-27(21-25)23-36(32(37)24-39-30-19-17-28(18-20-30)34(2,3)4)31(22-26-12-6-5-7-13-26)33(38)35-29-15-8-9-16-29/h5-7,10-14,17-21,29,31H,8-9,15-16,22-24H2,1-4H3,(H,35,38)/t31-/m1/s1. The summed E-state index contributed by atoms with van der Waals surface area (Å²) in [6.45, 7) is 8.73. The molecule has 0 aliphatic heterocycles. The van der Waals surface area contributed by atoms with Crippen LogP contribution >= 0.6 is 0 Å². The number of rotatable bonds is 10. The fourth-order valence-corrected chi connectivity index (χ4v) is 5.21. The summed E-state index contributed by atoms with van der Waals surface area (Å²) in [4.78, 5) is 29.3. The minimum Gasteiger partial charge on any atom is -0.484 e. The second-order valence-electron chi connectivity index (χ2n) is 11.8. The second kappa shape index (κ2) is 13.0. The Bertz CT molecular complexity index is 1230. The summed E-state index contributed by atoms with van der Waals surface area (Å²) in [6, 6.07) is 25.5. The van der Waals surface area contributed by atoms with E-state index in [0.29, 0.717) is 18.7 Å². The molecule has 1 aliphatic carbocycles. The molecule has 3 aromatic rings. The van der Waals surface area contributed by atoms with E-state index in [0.717, 1.165) is 42.4 Å². The topological polar surface area (TPSA) is 58.6 Å². The highest BCUT2D eigenvalue weighted by Gasteiger charge is 2.32. The van der Waals surface area contributed by atoms with E-state index in [-0.39, 0.29) is 29.9 Å². The van der Waals surface area contributed by atoms with Gasteiger partial charge < -0.3 is 15.0 Å². The average Bonchev–Trinajstić information content (AvgIpc) is 3.42. The number of ether oxygens (including phenoxy) is 1. The predicted molar refractivity (Wildman–Crippen MR) is 157 cm³/mol. The van der Waals surface area contributed by atoms with Gasteiger partial charge in [0, 0.05) is 19.0 Å². The van der Waals surface area contributed by atoms with Gasteiger partial charge in [-0.2, -0.15) is 0 Å². The van der Waals surface area contributed by atoms with E-state index in [2.05, 4.69) is 32.2 Å². The van der Waals surface area contributed by atoms with Crippen molar-refractivity contribution in [1.82, 2.24) is 10.2 Å². The molecule has 5 nitrogen and oxygen atoms in total. The van der Waals surface area contributed by atoms with Gasteiger partial charge in [-0.15, -0.1) is 0 Å². The quantitative estimate of drug-likeness (QED) is 0.334.